The van der Waals surface area contributed by atoms with E-state index in [0.29, 0.717) is 5.69 Å². The molecular formula is C14H15N3OS. The Morgan fingerprint density at radius 2 is 2.05 bits per heavy atom. The van der Waals surface area contributed by atoms with Crippen LogP contribution in [0.1, 0.15) is 21.6 Å². The Labute approximate surface area is 116 Å². The number of carbonyl (C=O) groups is 1. The minimum atomic E-state index is -0.377. The molecule has 3 N–H and O–H groups in total. The molecule has 1 heterocycles. The summed E-state index contributed by atoms with van der Waals surface area (Å²) in [6, 6.07) is 12.0. The molecule has 0 saturated carbocycles. The summed E-state index contributed by atoms with van der Waals surface area (Å²) in [4.78, 5) is 16.3. The number of nitrogen functional groups attached to an aromatic ring is 1. The Balaban J connectivity index is 2.03. The molecule has 98 valence electrons. The zero-order valence-corrected chi connectivity index (χ0v) is 11.4. The summed E-state index contributed by atoms with van der Waals surface area (Å²) < 4.78 is 0. The number of amides is 1. The molecule has 2 aromatic rings. The molecule has 0 bridgehead atoms. The molecule has 0 aliphatic carbocycles. The number of carbonyl (C=O) groups excluding carboxylic acids is 1. The van der Waals surface area contributed by atoms with Gasteiger partial charge >= 0.3 is 0 Å². The molecular weight excluding hydrogens is 258 g/mol. The normalized spacial score (nSPS) is 10.2. The second-order valence-electron chi connectivity index (χ2n) is 4.12. The third kappa shape index (κ3) is 3.81. The summed E-state index contributed by atoms with van der Waals surface area (Å²) in [7, 11) is 0. The van der Waals surface area contributed by atoms with Crippen LogP contribution < -0.4 is 11.3 Å². The van der Waals surface area contributed by atoms with Crippen LogP contribution in [0.3, 0.4) is 0 Å². The average Bonchev–Trinajstić information content (AvgIpc) is 2.46. The average molecular weight is 273 g/mol. The Hall–Kier alpha value is -1.85. The fourth-order valence-electron chi connectivity index (χ4n) is 1.55. The molecule has 4 nitrogen and oxygen atoms in total. The SMILES string of the molecule is Cc1ccc(CSc2ccnc(C(=O)NN)c2)cc1. The zero-order chi connectivity index (χ0) is 13.7. The number of pyridine rings is 1. The first kappa shape index (κ1) is 13.6. The van der Waals surface area contributed by atoms with Crippen molar-refractivity contribution in [3.8, 4) is 0 Å². The molecule has 5 heteroatoms. The summed E-state index contributed by atoms with van der Waals surface area (Å²) in [5, 5.41) is 0. The molecule has 0 aliphatic rings. The monoisotopic (exact) mass is 273 g/mol. The number of benzene rings is 1. The van der Waals surface area contributed by atoms with E-state index in [1.54, 1.807) is 24.0 Å². The molecule has 1 aromatic carbocycles. The maximum absolute atomic E-state index is 11.4. The highest BCUT2D eigenvalue weighted by Gasteiger charge is 2.06. The number of nitrogens with one attached hydrogen (secondary N) is 1. The number of hydrazine groups is 1. The Morgan fingerprint density at radius 1 is 1.32 bits per heavy atom. The molecule has 0 radical (unpaired) electrons. The van der Waals surface area contributed by atoms with Crippen LogP contribution in [0.15, 0.2) is 47.5 Å². The van der Waals surface area contributed by atoms with Gasteiger partial charge in [0, 0.05) is 16.8 Å². The van der Waals surface area contributed by atoms with E-state index in [4.69, 9.17) is 5.84 Å². The lowest BCUT2D eigenvalue weighted by atomic mass is 10.2. The van der Waals surface area contributed by atoms with Crippen molar-refractivity contribution in [1.82, 2.24) is 10.4 Å². The number of rotatable bonds is 4. The number of hydrogen-bond donors (Lipinski definition) is 2. The van der Waals surface area contributed by atoms with Gasteiger partial charge in [0.05, 0.1) is 0 Å². The Bertz CT molecular complexity index is 569. The maximum atomic E-state index is 11.4. The fourth-order valence-corrected chi connectivity index (χ4v) is 2.43. The predicted octanol–water partition coefficient (Wildman–Crippen LogP) is 2.29. The van der Waals surface area contributed by atoms with Crippen molar-refractivity contribution in [3.63, 3.8) is 0 Å². The first-order chi connectivity index (χ1) is 9.19. The van der Waals surface area contributed by atoms with Crippen molar-refractivity contribution >= 4 is 17.7 Å². The van der Waals surface area contributed by atoms with E-state index in [0.717, 1.165) is 10.6 Å². The van der Waals surface area contributed by atoms with Gasteiger partial charge in [0.2, 0.25) is 0 Å². The minimum Gasteiger partial charge on any atom is -0.289 e. The van der Waals surface area contributed by atoms with Crippen molar-refractivity contribution in [2.45, 2.75) is 17.6 Å². The second kappa shape index (κ2) is 6.36. The quantitative estimate of drug-likeness (QED) is 0.388. The van der Waals surface area contributed by atoms with Gasteiger partial charge in [0.25, 0.3) is 5.91 Å². The topological polar surface area (TPSA) is 68.0 Å². The van der Waals surface area contributed by atoms with Crippen LogP contribution in [0.4, 0.5) is 0 Å². The lowest BCUT2D eigenvalue weighted by molar-refractivity contribution is 0.0948. The molecule has 2 rings (SSSR count). The zero-order valence-electron chi connectivity index (χ0n) is 10.6. The minimum absolute atomic E-state index is 0.330. The van der Waals surface area contributed by atoms with E-state index < -0.39 is 0 Å². The maximum Gasteiger partial charge on any atom is 0.283 e. The number of aryl methyl sites for hydroxylation is 1. The fraction of sp³-hybridized carbons (Fsp3) is 0.143. The van der Waals surface area contributed by atoms with Crippen LogP contribution in [0.2, 0.25) is 0 Å². The summed E-state index contributed by atoms with van der Waals surface area (Å²) in [6.45, 7) is 2.07. The van der Waals surface area contributed by atoms with Gasteiger partial charge in [-0.1, -0.05) is 29.8 Å². The van der Waals surface area contributed by atoms with Gasteiger partial charge in [-0.05, 0) is 24.6 Å². The van der Waals surface area contributed by atoms with Crippen LogP contribution >= 0.6 is 11.8 Å². The largest absolute Gasteiger partial charge is 0.289 e. The van der Waals surface area contributed by atoms with Gasteiger partial charge in [0.15, 0.2) is 0 Å². The summed E-state index contributed by atoms with van der Waals surface area (Å²) in [5.74, 6) is 5.57. The number of nitrogens with zero attached hydrogens (tertiary/aromatic N) is 1. The van der Waals surface area contributed by atoms with Crippen molar-refractivity contribution in [2.75, 3.05) is 0 Å². The molecule has 0 fully saturated rings. The van der Waals surface area contributed by atoms with Crippen molar-refractivity contribution in [2.24, 2.45) is 5.84 Å². The molecule has 1 aromatic heterocycles. The van der Waals surface area contributed by atoms with E-state index in [1.165, 1.54) is 11.1 Å². The third-order valence-electron chi connectivity index (χ3n) is 2.62. The van der Waals surface area contributed by atoms with E-state index >= 15 is 0 Å². The van der Waals surface area contributed by atoms with E-state index in [-0.39, 0.29) is 5.91 Å². The molecule has 19 heavy (non-hydrogen) atoms. The predicted molar refractivity (Wildman–Crippen MR) is 76.6 cm³/mol. The second-order valence-corrected chi connectivity index (χ2v) is 5.17. The highest BCUT2D eigenvalue weighted by Crippen LogP contribution is 2.23. The molecule has 0 saturated heterocycles. The van der Waals surface area contributed by atoms with E-state index in [9.17, 15) is 4.79 Å². The summed E-state index contributed by atoms with van der Waals surface area (Å²) in [5.41, 5.74) is 4.90. The van der Waals surface area contributed by atoms with Crippen LogP contribution in [0, 0.1) is 6.92 Å². The summed E-state index contributed by atoms with van der Waals surface area (Å²) in [6.07, 6.45) is 1.61. The molecule has 0 aliphatic heterocycles. The van der Waals surface area contributed by atoms with Crippen molar-refractivity contribution in [3.05, 3.63) is 59.4 Å². The van der Waals surface area contributed by atoms with Crippen molar-refractivity contribution < 1.29 is 4.79 Å². The van der Waals surface area contributed by atoms with Crippen LogP contribution in [0.5, 0.6) is 0 Å². The van der Waals surface area contributed by atoms with Gasteiger partial charge in [-0.2, -0.15) is 0 Å². The third-order valence-corrected chi connectivity index (χ3v) is 3.69. The standard InChI is InChI=1S/C14H15N3OS/c1-10-2-4-11(5-3-10)9-19-12-6-7-16-13(8-12)14(18)17-15/h2-8H,9,15H2,1H3,(H,17,18). The molecule has 0 atom stereocenters. The van der Waals surface area contributed by atoms with Gasteiger partial charge in [0.1, 0.15) is 5.69 Å². The van der Waals surface area contributed by atoms with E-state index in [2.05, 4.69) is 41.6 Å². The first-order valence-electron chi connectivity index (χ1n) is 5.84. The molecule has 0 unspecified atom stereocenters. The molecule has 0 spiro atoms. The van der Waals surface area contributed by atoms with Crippen LogP contribution in [0.25, 0.3) is 0 Å². The number of nitrogens with two attached hydrogens (primary N) is 1. The first-order valence-corrected chi connectivity index (χ1v) is 6.83. The lowest BCUT2D eigenvalue weighted by Crippen LogP contribution is -2.30. The van der Waals surface area contributed by atoms with Gasteiger partial charge in [-0.25, -0.2) is 5.84 Å². The van der Waals surface area contributed by atoms with Gasteiger partial charge in [-0.3, -0.25) is 15.2 Å². The van der Waals surface area contributed by atoms with Gasteiger partial charge in [-0.15, -0.1) is 11.8 Å². The summed E-state index contributed by atoms with van der Waals surface area (Å²) >= 11 is 1.66. The highest BCUT2D eigenvalue weighted by molar-refractivity contribution is 7.98. The Morgan fingerprint density at radius 3 is 2.74 bits per heavy atom. The number of thioether (sulfide) groups is 1. The smallest absolute Gasteiger partial charge is 0.283 e. The molecule has 1 amide bonds. The van der Waals surface area contributed by atoms with Crippen LogP contribution in [-0.2, 0) is 5.75 Å². The number of aromatic nitrogens is 1. The number of hydrogen-bond acceptors (Lipinski definition) is 4. The lowest BCUT2D eigenvalue weighted by Gasteiger charge is -2.04. The van der Waals surface area contributed by atoms with Crippen molar-refractivity contribution in [1.29, 1.82) is 0 Å². The van der Waals surface area contributed by atoms with Gasteiger partial charge < -0.3 is 0 Å². The highest BCUT2D eigenvalue weighted by atomic mass is 32.2. The Kier molecular flexibility index (Phi) is 4.54. The van der Waals surface area contributed by atoms with Crippen LogP contribution in [-0.4, -0.2) is 10.9 Å². The van der Waals surface area contributed by atoms with E-state index in [1.807, 2.05) is 6.07 Å².